The molecular formula is C54H81N3O6. The van der Waals surface area contributed by atoms with E-state index in [9.17, 15) is 29.7 Å². The Hall–Kier alpha value is -4.53. The van der Waals surface area contributed by atoms with E-state index in [-0.39, 0.29) is 71.2 Å². The maximum atomic E-state index is 15.0. The monoisotopic (exact) mass is 868 g/mol. The van der Waals surface area contributed by atoms with E-state index in [1.807, 2.05) is 98.7 Å². The van der Waals surface area contributed by atoms with Gasteiger partial charge >= 0.3 is 0 Å². The normalized spacial score (nSPS) is 16.2. The van der Waals surface area contributed by atoms with Gasteiger partial charge in [-0.15, -0.1) is 0 Å². The third kappa shape index (κ3) is 10.9. The molecule has 3 N–H and O–H groups in total. The molecule has 1 saturated heterocycles. The number of benzene rings is 3. The zero-order valence-electron chi connectivity index (χ0n) is 42.7. The van der Waals surface area contributed by atoms with Crippen LogP contribution in [0.1, 0.15) is 213 Å². The first kappa shape index (κ1) is 51.1. The fourth-order valence-corrected chi connectivity index (χ4v) is 8.37. The van der Waals surface area contributed by atoms with Gasteiger partial charge in [0, 0.05) is 16.7 Å². The Balaban J connectivity index is 1.90. The van der Waals surface area contributed by atoms with Crippen molar-refractivity contribution in [3.05, 3.63) is 86.5 Å². The highest BCUT2D eigenvalue weighted by atomic mass is 16.3. The van der Waals surface area contributed by atoms with Crippen LogP contribution < -0.4 is 0 Å². The second-order valence-electron chi connectivity index (χ2n) is 24.6. The lowest BCUT2D eigenvalue weighted by Gasteiger charge is -2.44. The minimum atomic E-state index is -0.834. The molecule has 3 aromatic rings. The first-order valence-corrected chi connectivity index (χ1v) is 22.8. The molecular weight excluding hydrogens is 787 g/mol. The topological polar surface area (TPSA) is 122 Å². The molecule has 1 aliphatic rings. The Kier molecular flexibility index (Phi) is 13.9. The zero-order valence-corrected chi connectivity index (χ0v) is 42.7. The maximum absolute atomic E-state index is 15.0. The summed E-state index contributed by atoms with van der Waals surface area (Å²) in [6.45, 7) is 42.1. The Morgan fingerprint density at radius 2 is 0.571 bits per heavy atom. The van der Waals surface area contributed by atoms with Crippen LogP contribution in [0.2, 0.25) is 0 Å². The third-order valence-electron chi connectivity index (χ3n) is 12.9. The smallest absolute Gasteiger partial charge is 0.232 e. The summed E-state index contributed by atoms with van der Waals surface area (Å²) < 4.78 is 0. The molecule has 9 heteroatoms. The Morgan fingerprint density at radius 1 is 0.381 bits per heavy atom. The molecule has 3 unspecified atom stereocenters. The van der Waals surface area contributed by atoms with Crippen molar-refractivity contribution in [3.63, 3.8) is 0 Å². The van der Waals surface area contributed by atoms with Crippen molar-refractivity contribution in [1.82, 2.24) is 14.7 Å². The largest absolute Gasteiger partial charge is 0.507 e. The first-order valence-electron chi connectivity index (χ1n) is 22.8. The molecule has 0 spiro atoms. The maximum Gasteiger partial charge on any atom is 0.232 e. The summed E-state index contributed by atoms with van der Waals surface area (Å²) in [5, 5.41) is 35.5. The molecule has 3 aromatic carbocycles. The standard InChI is InChI=1S/C54H81N3O6/c1-31(37-22-34(49(4,5)6)25-40(43(37)58)52(13,14)15)46(61)55-28-56(47(62)32(2)38-23-35(50(7,8)9)26-41(44(38)59)53(16,17)18)30-57(29-55)48(63)33(3)39-24-36(51(10,11)12)27-42(45(39)60)54(19,20)21/h22-27,31-33,58-60H,28-30H2,1-21H3. The van der Waals surface area contributed by atoms with E-state index >= 15 is 0 Å². The van der Waals surface area contributed by atoms with Gasteiger partial charge in [0.2, 0.25) is 17.7 Å². The minimum Gasteiger partial charge on any atom is -0.507 e. The van der Waals surface area contributed by atoms with Gasteiger partial charge in [0.05, 0.1) is 37.8 Å². The number of nitrogens with zero attached hydrogens (tertiary/aromatic N) is 3. The molecule has 3 atom stereocenters. The van der Waals surface area contributed by atoms with Crippen molar-refractivity contribution in [2.45, 2.75) is 196 Å². The lowest BCUT2D eigenvalue weighted by Crippen LogP contribution is -2.61. The van der Waals surface area contributed by atoms with Gasteiger partial charge in [-0.05, 0) is 86.6 Å². The fraction of sp³-hybridized carbons (Fsp3) is 0.611. The Labute approximate surface area is 380 Å². The van der Waals surface area contributed by atoms with Crippen LogP contribution in [0.4, 0.5) is 0 Å². The van der Waals surface area contributed by atoms with Gasteiger partial charge in [-0.2, -0.15) is 0 Å². The summed E-state index contributed by atoms with van der Waals surface area (Å²) in [6.07, 6.45) is 0. The second-order valence-corrected chi connectivity index (χ2v) is 24.6. The van der Waals surface area contributed by atoms with Crippen LogP contribution in [0.25, 0.3) is 0 Å². The molecule has 0 bridgehead atoms. The van der Waals surface area contributed by atoms with Gasteiger partial charge < -0.3 is 30.0 Å². The van der Waals surface area contributed by atoms with Crippen LogP contribution in [0.3, 0.4) is 0 Å². The van der Waals surface area contributed by atoms with Crippen LogP contribution in [0, 0.1) is 0 Å². The summed E-state index contributed by atoms with van der Waals surface area (Å²) in [5.41, 5.74) is 4.51. The lowest BCUT2D eigenvalue weighted by molar-refractivity contribution is -0.160. The highest BCUT2D eigenvalue weighted by Crippen LogP contribution is 2.44. The van der Waals surface area contributed by atoms with Gasteiger partial charge in [0.15, 0.2) is 0 Å². The van der Waals surface area contributed by atoms with E-state index in [2.05, 4.69) is 62.3 Å². The van der Waals surface area contributed by atoms with Gasteiger partial charge in [0.25, 0.3) is 0 Å². The first-order chi connectivity index (χ1) is 28.3. The fourth-order valence-electron chi connectivity index (χ4n) is 8.37. The number of hydrogen-bond donors (Lipinski definition) is 3. The van der Waals surface area contributed by atoms with Crippen molar-refractivity contribution in [1.29, 1.82) is 0 Å². The summed E-state index contributed by atoms with van der Waals surface area (Å²) in [6, 6.07) is 11.8. The molecule has 0 saturated carbocycles. The summed E-state index contributed by atoms with van der Waals surface area (Å²) in [4.78, 5) is 49.5. The van der Waals surface area contributed by atoms with Gasteiger partial charge in [-0.25, -0.2) is 0 Å². The molecule has 1 fully saturated rings. The molecule has 1 heterocycles. The summed E-state index contributed by atoms with van der Waals surface area (Å²) in [5.74, 6) is -3.39. The lowest BCUT2D eigenvalue weighted by atomic mass is 9.77. The van der Waals surface area contributed by atoms with Crippen molar-refractivity contribution >= 4 is 17.7 Å². The van der Waals surface area contributed by atoms with Crippen LogP contribution in [0.15, 0.2) is 36.4 Å². The molecule has 63 heavy (non-hydrogen) atoms. The molecule has 0 radical (unpaired) electrons. The van der Waals surface area contributed by atoms with E-state index in [4.69, 9.17) is 0 Å². The van der Waals surface area contributed by atoms with Crippen LogP contribution in [-0.2, 0) is 46.9 Å². The number of carbonyl (C=O) groups is 3. The second kappa shape index (κ2) is 17.1. The van der Waals surface area contributed by atoms with Gasteiger partial charge in [0.1, 0.15) is 17.2 Å². The Morgan fingerprint density at radius 3 is 0.730 bits per heavy atom. The average molecular weight is 868 g/mol. The van der Waals surface area contributed by atoms with E-state index in [0.717, 1.165) is 33.4 Å². The highest BCUT2D eigenvalue weighted by Gasteiger charge is 2.40. The van der Waals surface area contributed by atoms with E-state index in [1.165, 1.54) is 14.7 Å². The molecule has 9 nitrogen and oxygen atoms in total. The third-order valence-corrected chi connectivity index (χ3v) is 12.9. The number of phenolic OH excluding ortho intramolecular Hbond substituents is 3. The molecule has 0 aromatic heterocycles. The van der Waals surface area contributed by atoms with Crippen molar-refractivity contribution in [2.24, 2.45) is 0 Å². The number of rotatable bonds is 6. The van der Waals surface area contributed by atoms with Crippen molar-refractivity contribution in [2.75, 3.05) is 20.0 Å². The van der Waals surface area contributed by atoms with Crippen molar-refractivity contribution in [3.8, 4) is 17.2 Å². The van der Waals surface area contributed by atoms with E-state index < -0.39 is 34.0 Å². The summed E-state index contributed by atoms with van der Waals surface area (Å²) in [7, 11) is 0. The van der Waals surface area contributed by atoms with Crippen molar-refractivity contribution < 1.29 is 29.7 Å². The van der Waals surface area contributed by atoms with Crippen LogP contribution in [-0.4, -0.2) is 67.7 Å². The number of amides is 3. The summed E-state index contributed by atoms with van der Waals surface area (Å²) >= 11 is 0. The zero-order chi connectivity index (χ0) is 48.5. The van der Waals surface area contributed by atoms with Gasteiger partial charge in [-0.1, -0.05) is 161 Å². The quantitative estimate of drug-likeness (QED) is 0.227. The molecule has 4 rings (SSSR count). The number of carbonyl (C=O) groups excluding carboxylic acids is 3. The van der Waals surface area contributed by atoms with Crippen LogP contribution >= 0.6 is 0 Å². The Bertz CT molecular complexity index is 1970. The predicted octanol–water partition coefficient (Wildman–Crippen LogP) is 11.7. The molecule has 0 aliphatic carbocycles. The number of hydrogen-bond acceptors (Lipinski definition) is 6. The SMILES string of the molecule is CC(C(=O)N1CN(C(=O)C(C)c2cc(C(C)(C)C)cc(C(C)(C)C)c2O)CN(C(=O)C(C)c2cc(C(C)(C)C)cc(C(C)(C)C)c2O)C1)c1cc(C(C)(C)C)cc(C(C)(C)C)c1O. The number of phenols is 3. The predicted molar refractivity (Wildman–Crippen MR) is 257 cm³/mol. The minimum absolute atomic E-state index is 0.0594. The van der Waals surface area contributed by atoms with Gasteiger partial charge in [-0.3, -0.25) is 14.4 Å². The molecule has 1 aliphatic heterocycles. The average Bonchev–Trinajstić information content (AvgIpc) is 3.13. The number of aromatic hydroxyl groups is 3. The molecule has 348 valence electrons. The molecule has 3 amide bonds. The van der Waals surface area contributed by atoms with E-state index in [1.54, 1.807) is 20.8 Å². The van der Waals surface area contributed by atoms with E-state index in [0.29, 0.717) is 16.7 Å². The highest BCUT2D eigenvalue weighted by molar-refractivity contribution is 5.90. The van der Waals surface area contributed by atoms with Crippen LogP contribution in [0.5, 0.6) is 17.2 Å².